The highest BCUT2D eigenvalue weighted by Gasteiger charge is 2.28. The van der Waals surface area contributed by atoms with Crippen molar-refractivity contribution in [3.05, 3.63) is 40.2 Å². The molecule has 0 radical (unpaired) electrons. The molecule has 9 N–H and O–H groups in total. The number of nitrogens with zero attached hydrogens (tertiary/aromatic N) is 1. The summed E-state index contributed by atoms with van der Waals surface area (Å²) in [7, 11) is 0. The van der Waals surface area contributed by atoms with Crippen LogP contribution in [0.2, 0.25) is 0 Å². The maximum atomic E-state index is 12.4. The summed E-state index contributed by atoms with van der Waals surface area (Å²) in [5.74, 6) is -4.82. The molecule has 2 aromatic rings. The number of aromatic nitrogens is 2. The van der Waals surface area contributed by atoms with Crippen LogP contribution in [-0.2, 0) is 14.4 Å². The van der Waals surface area contributed by atoms with E-state index in [0.717, 1.165) is 0 Å². The largest absolute Gasteiger partial charge is 0.481 e. The summed E-state index contributed by atoms with van der Waals surface area (Å²) in [6, 6.07) is 4.44. The molecule has 1 aliphatic heterocycles. The predicted molar refractivity (Wildman–Crippen MR) is 121 cm³/mol. The second kappa shape index (κ2) is 10.3. The normalized spacial score (nSPS) is 16.1. The van der Waals surface area contributed by atoms with Crippen LogP contribution in [0.25, 0.3) is 0 Å². The van der Waals surface area contributed by atoms with Gasteiger partial charge in [0.05, 0.1) is 6.04 Å². The molecule has 180 valence electrons. The molecule has 0 saturated carbocycles. The zero-order valence-corrected chi connectivity index (χ0v) is 17.7. The van der Waals surface area contributed by atoms with E-state index in [-0.39, 0.29) is 29.5 Å². The molecule has 0 saturated heterocycles. The van der Waals surface area contributed by atoms with Gasteiger partial charge in [0.1, 0.15) is 23.9 Å². The van der Waals surface area contributed by atoms with Crippen LogP contribution in [0.5, 0.6) is 0 Å². The predicted octanol–water partition coefficient (Wildman–Crippen LogP) is -0.857. The fourth-order valence-corrected chi connectivity index (χ4v) is 3.26. The van der Waals surface area contributed by atoms with Crippen LogP contribution in [0.4, 0.5) is 23.1 Å². The Hall–Kier alpha value is -4.62. The van der Waals surface area contributed by atoms with Gasteiger partial charge in [-0.15, -0.1) is 0 Å². The number of H-pyrrole nitrogens is 1. The third kappa shape index (κ3) is 5.79. The minimum Gasteiger partial charge on any atom is -0.481 e. The van der Waals surface area contributed by atoms with Crippen LogP contribution >= 0.6 is 0 Å². The Morgan fingerprint density at radius 3 is 2.53 bits per heavy atom. The smallest absolute Gasteiger partial charge is 0.326 e. The third-order valence-corrected chi connectivity index (χ3v) is 5.08. The van der Waals surface area contributed by atoms with E-state index in [9.17, 15) is 29.1 Å². The van der Waals surface area contributed by atoms with Gasteiger partial charge in [-0.05, 0) is 30.7 Å². The number of carboxylic acids is 2. The summed E-state index contributed by atoms with van der Waals surface area (Å²) in [5, 5.41) is 29.7. The van der Waals surface area contributed by atoms with Crippen LogP contribution < -0.4 is 32.6 Å². The van der Waals surface area contributed by atoms with Crippen LogP contribution in [0.15, 0.2) is 29.1 Å². The summed E-state index contributed by atoms with van der Waals surface area (Å²) < 4.78 is 0. The Morgan fingerprint density at radius 1 is 1.21 bits per heavy atom. The highest BCUT2D eigenvalue weighted by atomic mass is 16.4. The molecule has 1 amide bonds. The quantitative estimate of drug-likeness (QED) is 0.156. The van der Waals surface area contributed by atoms with Gasteiger partial charge >= 0.3 is 11.9 Å². The highest BCUT2D eigenvalue weighted by molar-refractivity contribution is 5.97. The second-order valence-corrected chi connectivity index (χ2v) is 7.54. The van der Waals surface area contributed by atoms with Gasteiger partial charge < -0.3 is 42.0 Å². The molecule has 0 aliphatic carbocycles. The number of benzene rings is 1. The maximum Gasteiger partial charge on any atom is 0.326 e. The van der Waals surface area contributed by atoms with Crippen molar-refractivity contribution in [2.45, 2.75) is 18.5 Å². The molecule has 1 aromatic heterocycles. The number of aromatic amines is 1. The Balaban J connectivity index is 1.56. The monoisotopic (exact) mass is 473 g/mol. The molecular weight excluding hydrogens is 450 g/mol. The van der Waals surface area contributed by atoms with Gasteiger partial charge in [0.2, 0.25) is 5.95 Å². The molecule has 34 heavy (non-hydrogen) atoms. The number of hydrogen-bond acceptors (Lipinski definition) is 10. The first-order valence-corrected chi connectivity index (χ1v) is 10.1. The van der Waals surface area contributed by atoms with E-state index in [1.165, 1.54) is 12.1 Å². The number of fused-ring (bicyclic) bond motifs is 1. The van der Waals surface area contributed by atoms with E-state index in [2.05, 4.69) is 31.2 Å². The van der Waals surface area contributed by atoms with Crippen molar-refractivity contribution in [3.8, 4) is 0 Å². The molecule has 0 bridgehead atoms. The molecule has 14 nitrogen and oxygen atoms in total. The van der Waals surface area contributed by atoms with Gasteiger partial charge in [0.15, 0.2) is 5.82 Å². The molecule has 0 spiro atoms. The molecule has 1 aliphatic rings. The second-order valence-electron chi connectivity index (χ2n) is 7.54. The number of nitrogen functional groups attached to an aromatic ring is 1. The van der Waals surface area contributed by atoms with Crippen LogP contribution in [-0.4, -0.2) is 69.5 Å². The van der Waals surface area contributed by atoms with Crippen molar-refractivity contribution in [3.63, 3.8) is 0 Å². The van der Waals surface area contributed by atoms with E-state index in [4.69, 9.17) is 10.8 Å². The van der Waals surface area contributed by atoms with Crippen LogP contribution in [0.1, 0.15) is 16.8 Å². The van der Waals surface area contributed by atoms with Crippen LogP contribution in [0.3, 0.4) is 0 Å². The molecule has 1 aromatic carbocycles. The number of hydrogen-bond donors (Lipinski definition) is 8. The molecular formula is C20H23N7O7. The number of amides is 1. The average Bonchev–Trinajstić information content (AvgIpc) is 2.80. The molecule has 3 atom stereocenters. The lowest BCUT2D eigenvalue weighted by Gasteiger charge is -2.27. The number of aliphatic carboxylic acids is 2. The van der Waals surface area contributed by atoms with Crippen molar-refractivity contribution in [2.24, 2.45) is 5.92 Å². The number of aldehydes is 1. The van der Waals surface area contributed by atoms with E-state index in [1.54, 1.807) is 12.1 Å². The number of nitrogens with one attached hydrogen (secondary N) is 5. The lowest BCUT2D eigenvalue weighted by atomic mass is 10.0. The molecule has 0 fully saturated rings. The van der Waals surface area contributed by atoms with E-state index in [1.807, 2.05) is 0 Å². The lowest BCUT2D eigenvalue weighted by Crippen LogP contribution is -2.43. The Labute approximate surface area is 192 Å². The minimum absolute atomic E-state index is 0.0128. The Kier molecular flexibility index (Phi) is 7.30. The van der Waals surface area contributed by atoms with Crippen molar-refractivity contribution in [2.75, 3.05) is 34.8 Å². The average molecular weight is 473 g/mol. The fraction of sp³-hybridized carbons (Fsp3) is 0.300. The van der Waals surface area contributed by atoms with Gasteiger partial charge in [0.25, 0.3) is 11.5 Å². The first-order chi connectivity index (χ1) is 16.2. The number of nitrogens with two attached hydrogens (primary N) is 1. The summed E-state index contributed by atoms with van der Waals surface area (Å²) in [6.07, 6.45) is -0.446. The van der Waals surface area contributed by atoms with Gasteiger partial charge in [-0.1, -0.05) is 0 Å². The van der Waals surface area contributed by atoms with Crippen molar-refractivity contribution in [1.82, 2.24) is 15.3 Å². The number of carbonyl (C=O) groups is 4. The molecule has 1 unspecified atom stereocenters. The van der Waals surface area contributed by atoms with E-state index in [0.29, 0.717) is 24.6 Å². The van der Waals surface area contributed by atoms with E-state index < -0.39 is 41.8 Å². The fourth-order valence-electron chi connectivity index (χ4n) is 3.26. The zero-order valence-electron chi connectivity index (χ0n) is 17.7. The Morgan fingerprint density at radius 2 is 1.91 bits per heavy atom. The van der Waals surface area contributed by atoms with Gasteiger partial charge in [-0.2, -0.15) is 4.98 Å². The van der Waals surface area contributed by atoms with Gasteiger partial charge in [0, 0.05) is 24.3 Å². The summed E-state index contributed by atoms with van der Waals surface area (Å²) in [6.45, 7) is 0.899. The molecule has 3 rings (SSSR count). The summed E-state index contributed by atoms with van der Waals surface area (Å²) >= 11 is 0. The summed E-state index contributed by atoms with van der Waals surface area (Å²) in [5.41, 5.74) is 6.23. The number of rotatable bonds is 10. The third-order valence-electron chi connectivity index (χ3n) is 5.08. The number of anilines is 4. The molecule has 14 heteroatoms. The number of carboxylic acid groups (broad SMARTS) is 2. The van der Waals surface area contributed by atoms with E-state index >= 15 is 0 Å². The van der Waals surface area contributed by atoms with Crippen LogP contribution in [0, 0.1) is 5.92 Å². The van der Waals surface area contributed by atoms with Crippen molar-refractivity contribution in [1.29, 1.82) is 0 Å². The first-order valence-electron chi connectivity index (χ1n) is 10.1. The highest BCUT2D eigenvalue weighted by Crippen LogP contribution is 2.20. The molecule has 2 heterocycles. The maximum absolute atomic E-state index is 12.4. The van der Waals surface area contributed by atoms with Gasteiger partial charge in [-0.25, -0.2) is 4.79 Å². The lowest BCUT2D eigenvalue weighted by molar-refractivity contribution is -0.145. The number of carbonyl (C=O) groups excluding carboxylic acids is 2. The summed E-state index contributed by atoms with van der Waals surface area (Å²) in [4.78, 5) is 64.0. The van der Waals surface area contributed by atoms with Crippen molar-refractivity contribution < 1.29 is 29.4 Å². The standard InChI is InChI=1S/C20H23N7O7/c21-20-26-15-14(17(30)27-20)24-12(7-23-15)6-22-11-3-1-9(2-4-11)16(29)25-13(19(33)34)5-10(8-28)18(31)32/h1-4,8,10,12-13,22,24H,5-7H2,(H,25,29)(H,31,32)(H,33,34)(H4,21,23,26,27,30)/t10?,12-,13-/m0/s1. The zero-order chi connectivity index (χ0) is 24.8. The SMILES string of the molecule is Nc1nc2c(c(=O)[nH]1)N[C@@H](CNc1ccc(C(=O)N[C@@H](CC(C=O)C(=O)O)C(=O)O)cc1)CN2. The first kappa shape index (κ1) is 24.0. The minimum atomic E-state index is -1.55. The topological polar surface area (TPSA) is 229 Å². The van der Waals surface area contributed by atoms with Crippen molar-refractivity contribution >= 4 is 47.3 Å². The Bertz CT molecular complexity index is 1150. The van der Waals surface area contributed by atoms with Gasteiger partial charge in [-0.3, -0.25) is 19.4 Å².